The summed E-state index contributed by atoms with van der Waals surface area (Å²) in [6, 6.07) is 1.25. The molecule has 44 valence electrons. The van der Waals surface area contributed by atoms with Gasteiger partial charge in [-0.25, -0.2) is 10.8 Å². The van der Waals surface area contributed by atoms with Crippen molar-refractivity contribution in [3.63, 3.8) is 0 Å². The van der Waals surface area contributed by atoms with Crippen molar-refractivity contribution in [1.82, 2.24) is 0 Å². The monoisotopic (exact) mass is 128 g/mol. The van der Waals surface area contributed by atoms with Gasteiger partial charge in [0, 0.05) is 0 Å². The maximum Gasteiger partial charge on any atom is 0.0831 e. The van der Waals surface area contributed by atoms with Crippen LogP contribution in [0.5, 0.6) is 0 Å². The highest BCUT2D eigenvalue weighted by Crippen LogP contribution is 2.07. The van der Waals surface area contributed by atoms with Crippen molar-refractivity contribution < 1.29 is 0 Å². The summed E-state index contributed by atoms with van der Waals surface area (Å²) >= 11 is 0. The summed E-state index contributed by atoms with van der Waals surface area (Å²) < 4.78 is 0. The first kappa shape index (κ1) is 7.55. The summed E-state index contributed by atoms with van der Waals surface area (Å²) in [5, 5.41) is 11.2. The van der Waals surface area contributed by atoms with Gasteiger partial charge >= 0.3 is 0 Å². The second-order valence-electron chi connectivity index (χ2n) is 1.36. The fraction of sp³-hybridized carbons (Fsp3) is 0.600. The van der Waals surface area contributed by atoms with Crippen LogP contribution in [0.2, 0.25) is 0 Å². The van der Waals surface area contributed by atoms with E-state index in [1.807, 2.05) is 0 Å². The molecule has 0 bridgehead atoms. The SMILES string of the molecule is C1=PCCC1.N=C=N. The van der Waals surface area contributed by atoms with Crippen molar-refractivity contribution in [3.8, 4) is 0 Å². The Kier molecular flexibility index (Phi) is 6.18. The van der Waals surface area contributed by atoms with Gasteiger partial charge in [0.2, 0.25) is 0 Å². The van der Waals surface area contributed by atoms with Crippen molar-refractivity contribution in [2.24, 2.45) is 0 Å². The summed E-state index contributed by atoms with van der Waals surface area (Å²) in [6.07, 6.45) is 4.21. The van der Waals surface area contributed by atoms with Crippen LogP contribution in [-0.4, -0.2) is 18.0 Å². The molecule has 3 heteroatoms. The lowest BCUT2D eigenvalue weighted by atomic mass is 10.4. The van der Waals surface area contributed by atoms with Crippen LogP contribution in [0, 0.1) is 10.8 Å². The second kappa shape index (κ2) is 6.55. The zero-order chi connectivity index (χ0) is 6.24. The summed E-state index contributed by atoms with van der Waals surface area (Å²) in [6.45, 7) is 0. The second-order valence-corrected chi connectivity index (χ2v) is 2.53. The third kappa shape index (κ3) is 5.55. The van der Waals surface area contributed by atoms with E-state index in [0.717, 1.165) is 0 Å². The topological polar surface area (TPSA) is 47.7 Å². The largest absolute Gasteiger partial charge is 0.242 e. The molecule has 0 aromatic heterocycles. The van der Waals surface area contributed by atoms with E-state index in [2.05, 4.69) is 5.80 Å². The Bertz CT molecular complexity index is 97.0. The molecular weight excluding hydrogens is 119 g/mol. The minimum Gasteiger partial charge on any atom is -0.242 e. The quantitative estimate of drug-likeness (QED) is 0.369. The van der Waals surface area contributed by atoms with Crippen LogP contribution in [0.4, 0.5) is 0 Å². The number of nitrogens with one attached hydrogen (secondary N) is 2. The highest BCUT2D eigenvalue weighted by Gasteiger charge is 1.85. The molecular formula is C5H9N2P. The zero-order valence-electron chi connectivity index (χ0n) is 4.65. The summed E-state index contributed by atoms with van der Waals surface area (Å²) in [5.41, 5.74) is 0. The van der Waals surface area contributed by atoms with Crippen LogP contribution < -0.4 is 0 Å². The van der Waals surface area contributed by atoms with Crippen LogP contribution in [0.25, 0.3) is 0 Å². The first-order valence-corrected chi connectivity index (χ1v) is 3.63. The van der Waals surface area contributed by atoms with Gasteiger partial charge in [0.1, 0.15) is 0 Å². The molecule has 0 amide bonds. The molecule has 0 saturated carbocycles. The van der Waals surface area contributed by atoms with Crippen LogP contribution in [-0.2, 0) is 0 Å². The number of hydrogen-bond donors (Lipinski definition) is 2. The Labute approximate surface area is 50.7 Å². The van der Waals surface area contributed by atoms with Gasteiger partial charge in [0.25, 0.3) is 0 Å². The molecule has 1 heterocycles. The van der Waals surface area contributed by atoms with Crippen LogP contribution in [0.1, 0.15) is 12.8 Å². The van der Waals surface area contributed by atoms with Gasteiger partial charge in [-0.3, -0.25) is 0 Å². The van der Waals surface area contributed by atoms with E-state index in [0.29, 0.717) is 0 Å². The summed E-state index contributed by atoms with van der Waals surface area (Å²) in [4.78, 5) is 0. The normalized spacial score (nSPS) is 16.0. The Morgan fingerprint density at radius 2 is 2.12 bits per heavy atom. The maximum absolute atomic E-state index is 5.62. The molecule has 2 N–H and O–H groups in total. The van der Waals surface area contributed by atoms with E-state index in [4.69, 9.17) is 10.8 Å². The van der Waals surface area contributed by atoms with E-state index in [1.165, 1.54) is 25.0 Å². The highest BCUT2D eigenvalue weighted by molar-refractivity contribution is 7.38. The molecule has 1 rings (SSSR count). The van der Waals surface area contributed by atoms with E-state index >= 15 is 0 Å². The van der Waals surface area contributed by atoms with E-state index in [-0.39, 0.29) is 0 Å². The Balaban J connectivity index is 0.000000145. The van der Waals surface area contributed by atoms with Crippen LogP contribution >= 0.6 is 8.20 Å². The average molecular weight is 128 g/mol. The van der Waals surface area contributed by atoms with Gasteiger partial charge in [-0.2, -0.15) is 0 Å². The molecule has 0 radical (unpaired) electrons. The van der Waals surface area contributed by atoms with Gasteiger partial charge in [-0.1, -0.05) is 5.80 Å². The van der Waals surface area contributed by atoms with Crippen LogP contribution in [0.15, 0.2) is 0 Å². The van der Waals surface area contributed by atoms with Crippen LogP contribution in [0.3, 0.4) is 0 Å². The Morgan fingerprint density at radius 1 is 1.50 bits per heavy atom. The fourth-order valence-electron chi connectivity index (χ4n) is 0.456. The zero-order valence-corrected chi connectivity index (χ0v) is 5.54. The molecule has 0 aliphatic carbocycles. The molecule has 0 unspecified atom stereocenters. The summed E-state index contributed by atoms with van der Waals surface area (Å²) in [7, 11) is 1.57. The van der Waals surface area contributed by atoms with Gasteiger partial charge in [-0.05, 0) is 19.0 Å². The molecule has 1 aliphatic rings. The molecule has 8 heavy (non-hydrogen) atoms. The lowest BCUT2D eigenvalue weighted by molar-refractivity contribution is 1.05. The predicted molar refractivity (Wildman–Crippen MR) is 37.5 cm³/mol. The number of hydrogen-bond acceptors (Lipinski definition) is 2. The van der Waals surface area contributed by atoms with Crippen molar-refractivity contribution in [2.45, 2.75) is 12.8 Å². The molecule has 0 fully saturated rings. The van der Waals surface area contributed by atoms with Crippen molar-refractivity contribution >= 4 is 20.0 Å². The van der Waals surface area contributed by atoms with Gasteiger partial charge in [-0.15, -0.1) is 8.20 Å². The van der Waals surface area contributed by atoms with Gasteiger partial charge < -0.3 is 0 Å². The Hall–Kier alpha value is -0.450. The minimum absolute atomic E-state index is 1.25. The van der Waals surface area contributed by atoms with Crippen molar-refractivity contribution in [1.29, 1.82) is 10.8 Å². The predicted octanol–water partition coefficient (Wildman–Crippen LogP) is 1.85. The smallest absolute Gasteiger partial charge is 0.0831 e. The third-order valence-electron chi connectivity index (χ3n) is 0.750. The van der Waals surface area contributed by atoms with Gasteiger partial charge in [0.15, 0.2) is 0 Å². The fourth-order valence-corrected chi connectivity index (χ4v) is 1.37. The molecule has 0 spiro atoms. The third-order valence-corrected chi connectivity index (χ3v) is 1.84. The molecule has 1 aliphatic heterocycles. The standard InChI is InChI=1S/C4H7P.CH2N2/c1-2-4-5-3-1;2-1-3/h3H,1-2,4H2;2-3H. The highest BCUT2D eigenvalue weighted by atomic mass is 31.1. The minimum atomic E-state index is 1.25. The first-order chi connectivity index (χ1) is 3.91. The van der Waals surface area contributed by atoms with E-state index < -0.39 is 0 Å². The van der Waals surface area contributed by atoms with E-state index in [1.54, 1.807) is 8.20 Å². The van der Waals surface area contributed by atoms with Gasteiger partial charge in [0.05, 0.1) is 6.01 Å². The molecule has 0 saturated heterocycles. The maximum atomic E-state index is 5.62. The van der Waals surface area contributed by atoms with Crippen molar-refractivity contribution in [3.05, 3.63) is 0 Å². The summed E-state index contributed by atoms with van der Waals surface area (Å²) in [5.74, 6) is 2.33. The molecule has 0 atom stereocenters. The Morgan fingerprint density at radius 3 is 2.25 bits per heavy atom. The average Bonchev–Trinajstić information content (AvgIpc) is 2.17. The lowest BCUT2D eigenvalue weighted by Gasteiger charge is -1.68. The lowest BCUT2D eigenvalue weighted by Crippen LogP contribution is -1.60. The van der Waals surface area contributed by atoms with Crippen molar-refractivity contribution in [2.75, 3.05) is 6.16 Å². The molecule has 0 aromatic rings. The first-order valence-electron chi connectivity index (χ1n) is 2.48. The van der Waals surface area contributed by atoms with E-state index in [9.17, 15) is 0 Å². The molecule has 2 nitrogen and oxygen atoms in total. The molecule has 0 aromatic carbocycles. The number of rotatable bonds is 0.